The van der Waals surface area contributed by atoms with Crippen LogP contribution in [0.4, 0.5) is 0 Å². The van der Waals surface area contributed by atoms with Gasteiger partial charge in [-0.2, -0.15) is 11.3 Å². The lowest BCUT2D eigenvalue weighted by molar-refractivity contribution is 0.527. The highest BCUT2D eigenvalue weighted by Crippen LogP contribution is 2.22. The predicted octanol–water partition coefficient (Wildman–Crippen LogP) is 3.38. The molecular weight excluding hydrogens is 300 g/mol. The lowest BCUT2D eigenvalue weighted by Crippen LogP contribution is -2.23. The van der Waals surface area contributed by atoms with Crippen LogP contribution in [0.2, 0.25) is 0 Å². The van der Waals surface area contributed by atoms with Crippen LogP contribution in [-0.2, 0) is 13.0 Å². The standard InChI is InChI=1S/C15H16N4S2/c1-11-17-7-13(8-18-11)9-19-14(15-16-3-5-21-15)6-12-2-4-20-10-12/h2-5,7-8,10,14,19H,6,9H2,1H3. The van der Waals surface area contributed by atoms with Crippen molar-refractivity contribution in [2.24, 2.45) is 0 Å². The van der Waals surface area contributed by atoms with Crippen molar-refractivity contribution in [2.75, 3.05) is 0 Å². The first-order chi connectivity index (χ1) is 10.3. The van der Waals surface area contributed by atoms with Crippen molar-refractivity contribution in [3.05, 3.63) is 62.8 Å². The molecule has 0 bridgehead atoms. The molecule has 3 heterocycles. The molecule has 0 aliphatic carbocycles. The molecule has 3 rings (SSSR count). The highest BCUT2D eigenvalue weighted by molar-refractivity contribution is 7.09. The summed E-state index contributed by atoms with van der Waals surface area (Å²) in [7, 11) is 0. The molecule has 3 aromatic heterocycles. The SMILES string of the molecule is Cc1ncc(CNC(Cc2ccsc2)c2nccs2)cn1. The molecular formula is C15H16N4S2. The maximum atomic E-state index is 4.45. The summed E-state index contributed by atoms with van der Waals surface area (Å²) in [5, 5.41) is 11.0. The lowest BCUT2D eigenvalue weighted by atomic mass is 10.1. The zero-order chi connectivity index (χ0) is 14.5. The molecule has 0 aliphatic rings. The second kappa shape index (κ2) is 6.89. The number of aromatic nitrogens is 3. The lowest BCUT2D eigenvalue weighted by Gasteiger charge is -2.16. The topological polar surface area (TPSA) is 50.7 Å². The third kappa shape index (κ3) is 3.93. The summed E-state index contributed by atoms with van der Waals surface area (Å²) in [6.07, 6.45) is 6.55. The van der Waals surface area contributed by atoms with Gasteiger partial charge < -0.3 is 5.32 Å². The fourth-order valence-electron chi connectivity index (χ4n) is 2.05. The summed E-state index contributed by atoms with van der Waals surface area (Å²) in [5.41, 5.74) is 2.43. The molecule has 1 atom stereocenters. The summed E-state index contributed by atoms with van der Waals surface area (Å²) in [4.78, 5) is 12.9. The van der Waals surface area contributed by atoms with Crippen LogP contribution in [0.3, 0.4) is 0 Å². The average Bonchev–Trinajstić information content (AvgIpc) is 3.18. The number of thiophene rings is 1. The van der Waals surface area contributed by atoms with E-state index in [1.54, 1.807) is 22.7 Å². The maximum Gasteiger partial charge on any atom is 0.125 e. The fourth-order valence-corrected chi connectivity index (χ4v) is 3.44. The molecule has 1 N–H and O–H groups in total. The van der Waals surface area contributed by atoms with Crippen molar-refractivity contribution in [1.82, 2.24) is 20.3 Å². The van der Waals surface area contributed by atoms with Gasteiger partial charge in [-0.15, -0.1) is 11.3 Å². The number of aryl methyl sites for hydroxylation is 1. The highest BCUT2D eigenvalue weighted by Gasteiger charge is 2.15. The van der Waals surface area contributed by atoms with Crippen LogP contribution in [0, 0.1) is 6.92 Å². The van der Waals surface area contributed by atoms with E-state index in [1.165, 1.54) is 5.56 Å². The van der Waals surface area contributed by atoms with Crippen LogP contribution < -0.4 is 5.32 Å². The minimum absolute atomic E-state index is 0.223. The van der Waals surface area contributed by atoms with E-state index in [2.05, 4.69) is 37.1 Å². The normalized spacial score (nSPS) is 12.4. The average molecular weight is 316 g/mol. The molecule has 21 heavy (non-hydrogen) atoms. The van der Waals surface area contributed by atoms with E-state index in [-0.39, 0.29) is 6.04 Å². The number of thiazole rings is 1. The second-order valence-corrected chi connectivity index (χ2v) is 6.48. The largest absolute Gasteiger partial charge is 0.303 e. The van der Waals surface area contributed by atoms with E-state index in [0.717, 1.165) is 29.4 Å². The molecule has 0 aromatic carbocycles. The molecule has 0 spiro atoms. The van der Waals surface area contributed by atoms with E-state index in [0.29, 0.717) is 0 Å². The minimum atomic E-state index is 0.223. The molecule has 0 aliphatic heterocycles. The monoisotopic (exact) mass is 316 g/mol. The molecule has 1 unspecified atom stereocenters. The van der Waals surface area contributed by atoms with Crippen LogP contribution in [0.25, 0.3) is 0 Å². The van der Waals surface area contributed by atoms with Crippen molar-refractivity contribution in [3.63, 3.8) is 0 Å². The molecule has 0 fully saturated rings. The van der Waals surface area contributed by atoms with Crippen molar-refractivity contribution in [1.29, 1.82) is 0 Å². The van der Waals surface area contributed by atoms with Crippen molar-refractivity contribution < 1.29 is 0 Å². The van der Waals surface area contributed by atoms with Gasteiger partial charge in [0.25, 0.3) is 0 Å². The molecule has 108 valence electrons. The Kier molecular flexibility index (Phi) is 4.69. The molecule has 0 amide bonds. The van der Waals surface area contributed by atoms with Crippen molar-refractivity contribution in [2.45, 2.75) is 25.9 Å². The summed E-state index contributed by atoms with van der Waals surface area (Å²) in [5.74, 6) is 0.800. The zero-order valence-corrected chi connectivity index (χ0v) is 13.3. The van der Waals surface area contributed by atoms with E-state index in [4.69, 9.17) is 0 Å². The van der Waals surface area contributed by atoms with Gasteiger partial charge in [-0.3, -0.25) is 0 Å². The van der Waals surface area contributed by atoms with E-state index >= 15 is 0 Å². The fraction of sp³-hybridized carbons (Fsp3) is 0.267. The summed E-state index contributed by atoms with van der Waals surface area (Å²) in [6, 6.07) is 2.39. The maximum absolute atomic E-state index is 4.45. The van der Waals surface area contributed by atoms with Crippen LogP contribution in [0.5, 0.6) is 0 Å². The predicted molar refractivity (Wildman–Crippen MR) is 86.5 cm³/mol. The van der Waals surface area contributed by atoms with Crippen molar-refractivity contribution in [3.8, 4) is 0 Å². The number of hydrogen-bond donors (Lipinski definition) is 1. The van der Waals surface area contributed by atoms with Gasteiger partial charge in [0.05, 0.1) is 6.04 Å². The van der Waals surface area contributed by atoms with Gasteiger partial charge in [0.2, 0.25) is 0 Å². The molecule has 3 aromatic rings. The van der Waals surface area contributed by atoms with Crippen LogP contribution in [-0.4, -0.2) is 15.0 Å². The molecule has 0 radical (unpaired) electrons. The Bertz CT molecular complexity index is 648. The Balaban J connectivity index is 1.69. The smallest absolute Gasteiger partial charge is 0.125 e. The highest BCUT2D eigenvalue weighted by atomic mass is 32.1. The summed E-state index contributed by atoms with van der Waals surface area (Å²) >= 11 is 3.42. The van der Waals surface area contributed by atoms with Gasteiger partial charge in [-0.1, -0.05) is 0 Å². The Morgan fingerprint density at radius 2 is 2.00 bits per heavy atom. The minimum Gasteiger partial charge on any atom is -0.303 e. The Labute approximate surface area is 131 Å². The number of rotatable bonds is 6. The van der Waals surface area contributed by atoms with Crippen molar-refractivity contribution >= 4 is 22.7 Å². The Hall–Kier alpha value is -1.63. The van der Waals surface area contributed by atoms with Gasteiger partial charge >= 0.3 is 0 Å². The molecule has 6 heteroatoms. The second-order valence-electron chi connectivity index (χ2n) is 4.78. The van der Waals surface area contributed by atoms with Crippen LogP contribution in [0.1, 0.15) is 28.0 Å². The Morgan fingerprint density at radius 1 is 1.14 bits per heavy atom. The van der Waals surface area contributed by atoms with E-state index in [9.17, 15) is 0 Å². The van der Waals surface area contributed by atoms with Crippen LogP contribution in [0.15, 0.2) is 40.8 Å². The summed E-state index contributed by atoms with van der Waals surface area (Å²) in [6.45, 7) is 2.64. The van der Waals surface area contributed by atoms with Crippen LogP contribution >= 0.6 is 22.7 Å². The molecule has 0 saturated carbocycles. The quantitative estimate of drug-likeness (QED) is 0.757. The number of hydrogen-bond acceptors (Lipinski definition) is 6. The van der Waals surface area contributed by atoms with Gasteiger partial charge in [-0.05, 0) is 35.7 Å². The first-order valence-corrected chi connectivity index (χ1v) is 8.55. The van der Waals surface area contributed by atoms with E-state index < -0.39 is 0 Å². The van der Waals surface area contributed by atoms with Gasteiger partial charge in [0, 0.05) is 36.1 Å². The number of nitrogens with one attached hydrogen (secondary N) is 1. The first kappa shape index (κ1) is 14.3. The zero-order valence-electron chi connectivity index (χ0n) is 11.7. The van der Waals surface area contributed by atoms with Gasteiger partial charge in [0.15, 0.2) is 0 Å². The molecule has 4 nitrogen and oxygen atoms in total. The summed E-state index contributed by atoms with van der Waals surface area (Å²) < 4.78 is 0. The Morgan fingerprint density at radius 3 is 2.67 bits per heavy atom. The first-order valence-electron chi connectivity index (χ1n) is 6.72. The third-order valence-corrected chi connectivity index (χ3v) is 4.78. The van der Waals surface area contributed by atoms with E-state index in [1.807, 2.05) is 30.9 Å². The van der Waals surface area contributed by atoms with Gasteiger partial charge in [0.1, 0.15) is 10.8 Å². The molecule has 0 saturated heterocycles. The third-order valence-electron chi connectivity index (χ3n) is 3.16. The van der Waals surface area contributed by atoms with Gasteiger partial charge in [-0.25, -0.2) is 15.0 Å². The number of nitrogens with zero attached hydrogens (tertiary/aromatic N) is 3.